The van der Waals surface area contributed by atoms with E-state index >= 15 is 0 Å². The maximum Gasteiger partial charge on any atom is 0.0397 e. The number of likely N-dealkylation sites (tertiary alicyclic amines) is 1. The summed E-state index contributed by atoms with van der Waals surface area (Å²) in [5.74, 6) is 0.636. The predicted octanol–water partition coefficient (Wildman–Crippen LogP) is 2.55. The molecule has 1 saturated carbocycles. The first-order chi connectivity index (χ1) is 10.3. The number of fused-ring (bicyclic) bond motifs is 1. The molecular formula is C18H27N3. The van der Waals surface area contributed by atoms with E-state index in [0.29, 0.717) is 12.0 Å². The van der Waals surface area contributed by atoms with Crippen molar-refractivity contribution in [1.29, 1.82) is 0 Å². The predicted molar refractivity (Wildman–Crippen MR) is 87.7 cm³/mol. The van der Waals surface area contributed by atoms with Gasteiger partial charge in [-0.05, 0) is 68.3 Å². The first kappa shape index (κ1) is 13.6. The number of benzene rings is 1. The molecule has 4 rings (SSSR count). The molecule has 2 fully saturated rings. The van der Waals surface area contributed by atoms with E-state index in [-0.39, 0.29) is 0 Å². The maximum atomic E-state index is 6.11. The highest BCUT2D eigenvalue weighted by Gasteiger charge is 2.40. The van der Waals surface area contributed by atoms with Gasteiger partial charge in [-0.25, -0.2) is 0 Å². The molecule has 3 nitrogen and oxygen atoms in total. The second-order valence-electron chi connectivity index (χ2n) is 7.11. The number of likely N-dealkylation sites (N-methyl/N-ethyl adjacent to an activating group) is 1. The van der Waals surface area contributed by atoms with E-state index in [1.165, 1.54) is 55.5 Å². The van der Waals surface area contributed by atoms with Crippen LogP contribution >= 0.6 is 0 Å². The summed E-state index contributed by atoms with van der Waals surface area (Å²) >= 11 is 0. The molecule has 1 aromatic carbocycles. The molecule has 0 spiro atoms. The topological polar surface area (TPSA) is 32.5 Å². The Balaban J connectivity index is 1.68. The Labute approximate surface area is 128 Å². The number of hydrogen-bond acceptors (Lipinski definition) is 3. The van der Waals surface area contributed by atoms with E-state index in [0.717, 1.165) is 19.1 Å². The van der Waals surface area contributed by atoms with Crippen LogP contribution < -0.4 is 10.6 Å². The van der Waals surface area contributed by atoms with Crippen molar-refractivity contribution in [2.75, 3.05) is 31.6 Å². The molecule has 3 aliphatic rings. The van der Waals surface area contributed by atoms with Crippen molar-refractivity contribution >= 4 is 5.69 Å². The van der Waals surface area contributed by atoms with Crippen molar-refractivity contribution in [2.45, 2.75) is 44.2 Å². The maximum absolute atomic E-state index is 6.11. The van der Waals surface area contributed by atoms with Gasteiger partial charge in [0.2, 0.25) is 0 Å². The van der Waals surface area contributed by atoms with Crippen LogP contribution in [-0.2, 0) is 6.42 Å². The molecule has 0 aromatic heterocycles. The Kier molecular flexibility index (Phi) is 3.43. The number of nitrogens with two attached hydrogens (primary N) is 1. The zero-order valence-electron chi connectivity index (χ0n) is 13.1. The third-order valence-electron chi connectivity index (χ3n) is 5.69. The standard InChI is InChI=1S/C18H27N3/c1-20-10-8-13-11-14(4-7-17(13)20)18-15(12-19)3-2-9-21(18)16-5-6-16/h4,7,11,15-16,18H,2-3,5-6,8-10,12,19H2,1H3. The Bertz CT molecular complexity index is 523. The van der Waals surface area contributed by atoms with Gasteiger partial charge in [-0.2, -0.15) is 0 Å². The van der Waals surface area contributed by atoms with Gasteiger partial charge in [0.15, 0.2) is 0 Å². The highest BCUT2D eigenvalue weighted by Crippen LogP contribution is 2.43. The zero-order valence-corrected chi connectivity index (χ0v) is 13.1. The van der Waals surface area contributed by atoms with Gasteiger partial charge in [0.25, 0.3) is 0 Å². The Morgan fingerprint density at radius 3 is 2.81 bits per heavy atom. The van der Waals surface area contributed by atoms with Gasteiger partial charge < -0.3 is 10.6 Å². The largest absolute Gasteiger partial charge is 0.374 e. The zero-order chi connectivity index (χ0) is 14.4. The molecule has 0 radical (unpaired) electrons. The second kappa shape index (κ2) is 5.29. The minimum Gasteiger partial charge on any atom is -0.374 e. The summed E-state index contributed by atoms with van der Waals surface area (Å²) in [5, 5.41) is 0. The molecule has 2 N–H and O–H groups in total. The molecule has 0 amide bonds. The van der Waals surface area contributed by atoms with Crippen molar-refractivity contribution in [3.8, 4) is 0 Å². The number of piperidine rings is 1. The minimum absolute atomic E-state index is 0.562. The fourth-order valence-electron chi connectivity index (χ4n) is 4.40. The van der Waals surface area contributed by atoms with Gasteiger partial charge in [-0.15, -0.1) is 0 Å². The summed E-state index contributed by atoms with van der Waals surface area (Å²) in [6.07, 6.45) is 6.59. The van der Waals surface area contributed by atoms with Gasteiger partial charge >= 0.3 is 0 Å². The van der Waals surface area contributed by atoms with Gasteiger partial charge in [0.05, 0.1) is 0 Å². The molecule has 3 heteroatoms. The summed E-state index contributed by atoms with van der Waals surface area (Å²) in [7, 11) is 2.20. The number of hydrogen-bond donors (Lipinski definition) is 1. The summed E-state index contributed by atoms with van der Waals surface area (Å²) in [6, 6.07) is 8.58. The van der Waals surface area contributed by atoms with E-state index in [1.807, 2.05) is 0 Å². The molecule has 2 unspecified atom stereocenters. The van der Waals surface area contributed by atoms with Crippen molar-refractivity contribution in [1.82, 2.24) is 4.90 Å². The average molecular weight is 285 g/mol. The van der Waals surface area contributed by atoms with Gasteiger partial charge in [0.1, 0.15) is 0 Å². The SMILES string of the molecule is CN1CCc2cc(C3C(CN)CCCN3C3CC3)ccc21. The molecule has 0 bridgehead atoms. The first-order valence-corrected chi connectivity index (χ1v) is 8.57. The highest BCUT2D eigenvalue weighted by molar-refractivity contribution is 5.58. The van der Waals surface area contributed by atoms with Crippen LogP contribution in [-0.4, -0.2) is 37.6 Å². The van der Waals surface area contributed by atoms with Gasteiger partial charge in [-0.1, -0.05) is 12.1 Å². The van der Waals surface area contributed by atoms with E-state index in [4.69, 9.17) is 5.73 Å². The van der Waals surface area contributed by atoms with Crippen LogP contribution in [0.5, 0.6) is 0 Å². The lowest BCUT2D eigenvalue weighted by Gasteiger charge is -2.42. The fourth-order valence-corrected chi connectivity index (χ4v) is 4.40. The van der Waals surface area contributed by atoms with Gasteiger partial charge in [-0.3, -0.25) is 4.90 Å². The molecule has 1 saturated heterocycles. The van der Waals surface area contributed by atoms with Crippen LogP contribution in [0.3, 0.4) is 0 Å². The molecule has 1 aromatic rings. The molecule has 2 atom stereocenters. The van der Waals surface area contributed by atoms with Gasteiger partial charge in [0, 0.05) is 31.4 Å². The molecule has 2 heterocycles. The van der Waals surface area contributed by atoms with Crippen molar-refractivity contribution in [2.24, 2.45) is 11.7 Å². The summed E-state index contributed by atoms with van der Waals surface area (Å²) < 4.78 is 0. The lowest BCUT2D eigenvalue weighted by molar-refractivity contribution is 0.0879. The Morgan fingerprint density at radius 2 is 2.05 bits per heavy atom. The molecular weight excluding hydrogens is 258 g/mol. The minimum atomic E-state index is 0.562. The third kappa shape index (κ3) is 2.36. The second-order valence-corrected chi connectivity index (χ2v) is 7.11. The molecule has 2 aliphatic heterocycles. The van der Waals surface area contributed by atoms with Crippen LogP contribution in [0.2, 0.25) is 0 Å². The monoisotopic (exact) mass is 285 g/mol. The van der Waals surface area contributed by atoms with E-state index in [9.17, 15) is 0 Å². The first-order valence-electron chi connectivity index (χ1n) is 8.57. The Morgan fingerprint density at radius 1 is 1.19 bits per heavy atom. The normalized spacial score (nSPS) is 29.7. The van der Waals surface area contributed by atoms with Crippen molar-refractivity contribution < 1.29 is 0 Å². The molecule has 21 heavy (non-hydrogen) atoms. The number of nitrogens with zero attached hydrogens (tertiary/aromatic N) is 2. The summed E-state index contributed by atoms with van der Waals surface area (Å²) in [5.41, 5.74) is 10.6. The quantitative estimate of drug-likeness (QED) is 0.926. The van der Waals surface area contributed by atoms with E-state index in [1.54, 1.807) is 0 Å². The lowest BCUT2D eigenvalue weighted by atomic mass is 9.84. The summed E-state index contributed by atoms with van der Waals surface area (Å²) in [4.78, 5) is 5.14. The van der Waals surface area contributed by atoms with Crippen LogP contribution in [0.1, 0.15) is 42.9 Å². The van der Waals surface area contributed by atoms with Crippen LogP contribution in [0.4, 0.5) is 5.69 Å². The molecule has 1 aliphatic carbocycles. The fraction of sp³-hybridized carbons (Fsp3) is 0.667. The molecule has 114 valence electrons. The smallest absolute Gasteiger partial charge is 0.0397 e. The van der Waals surface area contributed by atoms with Crippen molar-refractivity contribution in [3.05, 3.63) is 29.3 Å². The average Bonchev–Trinajstić information content (AvgIpc) is 3.31. The number of anilines is 1. The lowest BCUT2D eigenvalue weighted by Crippen LogP contribution is -2.42. The highest BCUT2D eigenvalue weighted by atomic mass is 15.2. The van der Waals surface area contributed by atoms with Crippen LogP contribution in [0.15, 0.2) is 18.2 Å². The van der Waals surface area contributed by atoms with Crippen LogP contribution in [0.25, 0.3) is 0 Å². The Hall–Kier alpha value is -1.06. The van der Waals surface area contributed by atoms with Crippen LogP contribution in [0, 0.1) is 5.92 Å². The number of rotatable bonds is 3. The van der Waals surface area contributed by atoms with Crippen molar-refractivity contribution in [3.63, 3.8) is 0 Å². The summed E-state index contributed by atoms with van der Waals surface area (Å²) in [6.45, 7) is 3.25. The third-order valence-corrected chi connectivity index (χ3v) is 5.69. The van der Waals surface area contributed by atoms with E-state index < -0.39 is 0 Å². The van der Waals surface area contributed by atoms with E-state index in [2.05, 4.69) is 35.0 Å².